The van der Waals surface area contributed by atoms with Gasteiger partial charge in [-0.25, -0.2) is 8.42 Å². The normalized spacial score (nSPS) is 22.5. The quantitative estimate of drug-likeness (QED) is 0.613. The molecule has 0 bridgehead atoms. The highest BCUT2D eigenvalue weighted by Crippen LogP contribution is 2.04. The van der Waals surface area contributed by atoms with Crippen LogP contribution >= 0.6 is 0 Å². The zero-order valence-electron chi connectivity index (χ0n) is 10.2. The molecule has 1 rings (SSSR count). The predicted octanol–water partition coefficient (Wildman–Crippen LogP) is -1.43. The molecule has 1 amide bonds. The van der Waals surface area contributed by atoms with E-state index in [4.69, 9.17) is 5.73 Å². The average molecular weight is 263 g/mol. The molecule has 0 radical (unpaired) electrons. The minimum atomic E-state index is -2.99. The van der Waals surface area contributed by atoms with Crippen LogP contribution in [0, 0.1) is 0 Å². The van der Waals surface area contributed by atoms with E-state index in [-0.39, 0.29) is 17.5 Å². The summed E-state index contributed by atoms with van der Waals surface area (Å²) in [7, 11) is -2.99. The Balaban J connectivity index is 2.51. The Morgan fingerprint density at radius 1 is 1.47 bits per heavy atom. The number of hydrogen-bond donors (Lipinski definition) is 2. The lowest BCUT2D eigenvalue weighted by Gasteiger charge is -2.33. The zero-order chi connectivity index (χ0) is 12.9. The smallest absolute Gasteiger partial charge is 0.236 e. The number of amides is 1. The van der Waals surface area contributed by atoms with Gasteiger partial charge in [0, 0.05) is 31.9 Å². The zero-order valence-corrected chi connectivity index (χ0v) is 11.0. The number of nitrogens with zero attached hydrogens (tertiary/aromatic N) is 1. The van der Waals surface area contributed by atoms with Gasteiger partial charge >= 0.3 is 0 Å². The van der Waals surface area contributed by atoms with Crippen molar-refractivity contribution in [3.63, 3.8) is 0 Å². The standard InChI is InChI=1S/C10H21N3O3S/c1-2-6-17(15,16)7-5-13-4-3-12-8-9(13)10(11)14/h9,12H,2-8H2,1H3,(H2,11,14). The Bertz CT molecular complexity index is 356. The molecule has 1 fully saturated rings. The van der Waals surface area contributed by atoms with E-state index in [9.17, 15) is 13.2 Å². The average Bonchev–Trinajstić information content (AvgIpc) is 2.27. The molecule has 0 aliphatic carbocycles. The van der Waals surface area contributed by atoms with Gasteiger partial charge < -0.3 is 11.1 Å². The van der Waals surface area contributed by atoms with Crippen LogP contribution in [-0.2, 0) is 14.6 Å². The fourth-order valence-electron chi connectivity index (χ4n) is 1.96. The third-order valence-electron chi connectivity index (χ3n) is 2.89. The van der Waals surface area contributed by atoms with E-state index < -0.39 is 15.7 Å². The second-order valence-electron chi connectivity index (χ2n) is 4.31. The summed E-state index contributed by atoms with van der Waals surface area (Å²) in [5.41, 5.74) is 5.29. The topological polar surface area (TPSA) is 92.5 Å². The van der Waals surface area contributed by atoms with Gasteiger partial charge in [-0.1, -0.05) is 6.92 Å². The third-order valence-corrected chi connectivity index (χ3v) is 4.72. The summed E-state index contributed by atoms with van der Waals surface area (Å²) in [6.07, 6.45) is 0.628. The number of rotatable bonds is 6. The van der Waals surface area contributed by atoms with Crippen molar-refractivity contribution in [2.75, 3.05) is 37.7 Å². The molecule has 0 aromatic carbocycles. The lowest BCUT2D eigenvalue weighted by molar-refractivity contribution is -0.123. The van der Waals surface area contributed by atoms with E-state index in [0.717, 1.165) is 6.54 Å². The maximum atomic E-state index is 11.6. The summed E-state index contributed by atoms with van der Waals surface area (Å²) in [6.45, 7) is 4.15. The van der Waals surface area contributed by atoms with Gasteiger partial charge in [0.15, 0.2) is 9.84 Å². The first-order valence-corrected chi connectivity index (χ1v) is 7.73. The summed E-state index contributed by atoms with van der Waals surface area (Å²) in [6, 6.07) is -0.388. The summed E-state index contributed by atoms with van der Waals surface area (Å²) < 4.78 is 23.2. The fraction of sp³-hybridized carbons (Fsp3) is 0.900. The molecule has 0 spiro atoms. The van der Waals surface area contributed by atoms with Crippen LogP contribution in [-0.4, -0.2) is 63.0 Å². The molecule has 1 aliphatic rings. The SMILES string of the molecule is CCCS(=O)(=O)CCN1CCNCC1C(N)=O. The molecule has 1 unspecified atom stereocenters. The molecule has 1 saturated heterocycles. The van der Waals surface area contributed by atoms with E-state index in [1.54, 1.807) is 0 Å². The van der Waals surface area contributed by atoms with Crippen molar-refractivity contribution in [1.82, 2.24) is 10.2 Å². The van der Waals surface area contributed by atoms with E-state index >= 15 is 0 Å². The molecule has 1 aliphatic heterocycles. The Morgan fingerprint density at radius 2 is 2.18 bits per heavy atom. The summed E-state index contributed by atoms with van der Waals surface area (Å²) in [5, 5.41) is 3.08. The van der Waals surface area contributed by atoms with Crippen LogP contribution in [0.5, 0.6) is 0 Å². The first kappa shape index (κ1) is 14.4. The van der Waals surface area contributed by atoms with Crippen molar-refractivity contribution in [1.29, 1.82) is 0 Å². The highest BCUT2D eigenvalue weighted by molar-refractivity contribution is 7.91. The van der Waals surface area contributed by atoms with Crippen molar-refractivity contribution >= 4 is 15.7 Å². The lowest BCUT2D eigenvalue weighted by atomic mass is 10.2. The summed E-state index contributed by atoms with van der Waals surface area (Å²) in [4.78, 5) is 13.1. The number of nitrogens with one attached hydrogen (secondary N) is 1. The van der Waals surface area contributed by atoms with Gasteiger partial charge in [-0.2, -0.15) is 0 Å². The van der Waals surface area contributed by atoms with Crippen LogP contribution in [0.2, 0.25) is 0 Å². The number of sulfone groups is 1. The number of carbonyl (C=O) groups excluding carboxylic acids is 1. The maximum Gasteiger partial charge on any atom is 0.236 e. The molecule has 1 atom stereocenters. The van der Waals surface area contributed by atoms with Gasteiger partial charge in [0.2, 0.25) is 5.91 Å². The van der Waals surface area contributed by atoms with Crippen LogP contribution in [0.1, 0.15) is 13.3 Å². The monoisotopic (exact) mass is 263 g/mol. The fourth-order valence-corrected chi connectivity index (χ4v) is 3.30. The Morgan fingerprint density at radius 3 is 2.76 bits per heavy atom. The molecule has 1 heterocycles. The van der Waals surface area contributed by atoms with Crippen LogP contribution in [0.4, 0.5) is 0 Å². The van der Waals surface area contributed by atoms with Crippen molar-refractivity contribution < 1.29 is 13.2 Å². The summed E-state index contributed by atoms with van der Waals surface area (Å²) in [5.74, 6) is -0.0876. The largest absolute Gasteiger partial charge is 0.368 e. The van der Waals surface area contributed by atoms with Crippen molar-refractivity contribution in [2.45, 2.75) is 19.4 Å². The lowest BCUT2D eigenvalue weighted by Crippen LogP contribution is -2.57. The Kier molecular flexibility index (Phi) is 5.35. The number of piperazine rings is 1. The number of carbonyl (C=O) groups is 1. The van der Waals surface area contributed by atoms with Crippen molar-refractivity contribution in [3.05, 3.63) is 0 Å². The third kappa shape index (κ3) is 4.61. The van der Waals surface area contributed by atoms with E-state index in [1.165, 1.54) is 0 Å². The van der Waals surface area contributed by atoms with Gasteiger partial charge in [-0.3, -0.25) is 9.69 Å². The molecule has 0 saturated carbocycles. The van der Waals surface area contributed by atoms with Gasteiger partial charge in [-0.05, 0) is 6.42 Å². The molecule has 0 aromatic rings. The van der Waals surface area contributed by atoms with Crippen LogP contribution in [0.25, 0.3) is 0 Å². The number of hydrogen-bond acceptors (Lipinski definition) is 5. The van der Waals surface area contributed by atoms with Gasteiger partial charge in [0.1, 0.15) is 6.04 Å². The molecular formula is C10H21N3O3S. The molecule has 7 heteroatoms. The second kappa shape index (κ2) is 6.32. The van der Waals surface area contributed by atoms with Crippen molar-refractivity contribution in [3.8, 4) is 0 Å². The first-order chi connectivity index (χ1) is 7.96. The molecule has 17 heavy (non-hydrogen) atoms. The maximum absolute atomic E-state index is 11.6. The highest BCUT2D eigenvalue weighted by atomic mass is 32.2. The Labute approximate surface area is 102 Å². The van der Waals surface area contributed by atoms with Crippen LogP contribution in [0.15, 0.2) is 0 Å². The van der Waals surface area contributed by atoms with Crippen molar-refractivity contribution in [2.24, 2.45) is 5.73 Å². The second-order valence-corrected chi connectivity index (χ2v) is 6.61. The first-order valence-electron chi connectivity index (χ1n) is 5.91. The van der Waals surface area contributed by atoms with E-state index in [0.29, 0.717) is 26.1 Å². The Hall–Kier alpha value is -0.660. The van der Waals surface area contributed by atoms with Gasteiger partial charge in [0.05, 0.1) is 5.75 Å². The highest BCUT2D eigenvalue weighted by Gasteiger charge is 2.27. The molecule has 6 nitrogen and oxygen atoms in total. The van der Waals surface area contributed by atoms with Crippen LogP contribution < -0.4 is 11.1 Å². The van der Waals surface area contributed by atoms with E-state index in [2.05, 4.69) is 5.32 Å². The van der Waals surface area contributed by atoms with Crippen LogP contribution in [0.3, 0.4) is 0 Å². The summed E-state index contributed by atoms with van der Waals surface area (Å²) >= 11 is 0. The number of primary amides is 1. The molecule has 3 N–H and O–H groups in total. The minimum absolute atomic E-state index is 0.102. The minimum Gasteiger partial charge on any atom is -0.368 e. The molecule has 100 valence electrons. The molecular weight excluding hydrogens is 242 g/mol. The van der Waals surface area contributed by atoms with Gasteiger partial charge in [0.25, 0.3) is 0 Å². The molecule has 0 aromatic heterocycles. The van der Waals surface area contributed by atoms with Gasteiger partial charge in [-0.15, -0.1) is 0 Å². The van der Waals surface area contributed by atoms with E-state index in [1.807, 2.05) is 11.8 Å². The predicted molar refractivity (Wildman–Crippen MR) is 66.4 cm³/mol. The number of nitrogens with two attached hydrogens (primary N) is 1.